The van der Waals surface area contributed by atoms with Gasteiger partial charge < -0.3 is 46.2 Å². The highest BCUT2D eigenvalue weighted by molar-refractivity contribution is 8.76. The van der Waals surface area contributed by atoms with Crippen LogP contribution < -0.4 is 10.6 Å². The molecule has 13 nitrogen and oxygen atoms in total. The van der Waals surface area contributed by atoms with Gasteiger partial charge in [-0.1, -0.05) is 58.4 Å². The molecule has 22 atom stereocenters. The van der Waals surface area contributed by atoms with Crippen molar-refractivity contribution in [1.82, 2.24) is 20.5 Å². The Balaban J connectivity index is 0.702. The number of aliphatic hydroxyl groups excluding tert-OH is 6. The van der Waals surface area contributed by atoms with Crippen LogP contribution in [-0.2, 0) is 14.4 Å². The molecule has 78 heavy (non-hydrogen) atoms. The molecule has 3 amide bonds. The number of aromatic nitrogens is 1. The van der Waals surface area contributed by atoms with Crippen LogP contribution in [0.3, 0.4) is 0 Å². The molecular formula is C63H102N4O9S2. The van der Waals surface area contributed by atoms with Crippen LogP contribution in [0, 0.1) is 92.7 Å². The molecule has 8 saturated carbocycles. The zero-order chi connectivity index (χ0) is 55.7. The number of unbranched alkanes of at least 4 members (excludes halogenated alkanes) is 1. The van der Waals surface area contributed by atoms with Crippen LogP contribution in [0.25, 0.3) is 0 Å². The number of rotatable bonds is 22. The summed E-state index contributed by atoms with van der Waals surface area (Å²) in [5, 5.41) is 75.7. The molecule has 1 aromatic heterocycles. The zero-order valence-electron chi connectivity index (χ0n) is 48.4. The number of fused-ring (bicyclic) bond motifs is 10. The minimum atomic E-state index is -0.452. The van der Waals surface area contributed by atoms with Crippen LogP contribution >= 0.6 is 21.6 Å². The van der Waals surface area contributed by atoms with Gasteiger partial charge in [-0.3, -0.25) is 14.4 Å². The molecule has 0 radical (unpaired) electrons. The van der Waals surface area contributed by atoms with Crippen molar-refractivity contribution in [3.05, 3.63) is 24.4 Å². The van der Waals surface area contributed by atoms with Crippen molar-refractivity contribution in [3.8, 4) is 0 Å². The smallest absolute Gasteiger partial charge is 0.223 e. The van der Waals surface area contributed by atoms with E-state index in [4.69, 9.17) is 0 Å². The van der Waals surface area contributed by atoms with Crippen molar-refractivity contribution < 1.29 is 45.0 Å². The van der Waals surface area contributed by atoms with E-state index in [1.165, 1.54) is 0 Å². The van der Waals surface area contributed by atoms with Gasteiger partial charge in [0.05, 0.1) is 36.6 Å². The molecule has 1 heterocycles. The Morgan fingerprint density at radius 3 is 1.63 bits per heavy atom. The lowest BCUT2D eigenvalue weighted by atomic mass is 9.43. The first kappa shape index (κ1) is 60.6. The quantitative estimate of drug-likeness (QED) is 0.0403. The van der Waals surface area contributed by atoms with Gasteiger partial charge in [-0.25, -0.2) is 4.98 Å². The second-order valence-electron chi connectivity index (χ2n) is 28.0. The lowest BCUT2D eigenvalue weighted by Gasteiger charge is -2.63. The fourth-order valence-corrected chi connectivity index (χ4v) is 21.7. The minimum absolute atomic E-state index is 0.0120. The van der Waals surface area contributed by atoms with Crippen molar-refractivity contribution in [3.63, 3.8) is 0 Å². The maximum absolute atomic E-state index is 13.7. The van der Waals surface area contributed by atoms with Crippen LogP contribution in [0.5, 0.6) is 0 Å². The summed E-state index contributed by atoms with van der Waals surface area (Å²) in [6, 6.07) is 5.81. The van der Waals surface area contributed by atoms with Gasteiger partial charge in [0.1, 0.15) is 5.03 Å². The van der Waals surface area contributed by atoms with E-state index >= 15 is 0 Å². The van der Waals surface area contributed by atoms with E-state index in [9.17, 15) is 45.0 Å². The van der Waals surface area contributed by atoms with Crippen molar-refractivity contribution in [2.45, 2.75) is 224 Å². The van der Waals surface area contributed by atoms with Crippen LogP contribution in [-0.4, -0.2) is 127 Å². The normalized spacial score (nSPS) is 42.4. The molecule has 1 aromatic rings. The van der Waals surface area contributed by atoms with E-state index in [1.54, 1.807) is 27.8 Å². The average molecular weight is 1120 g/mol. The lowest BCUT2D eigenvalue weighted by Crippen LogP contribution is -2.62. The van der Waals surface area contributed by atoms with Gasteiger partial charge in [-0.15, -0.1) is 0 Å². The second-order valence-corrected chi connectivity index (χ2v) is 30.5. The SMILES string of the molecule is C[C@H](CCC(=O)NCCCCN(CCCNC(=O)CC[C@@H](C)[C@H]1CC[C@H]2[C@@H]3[C@H](O)C[C@@H]4C[C@H](O)CC[C@]4(C)[C@H]3C[C@H](O)[C@]12C)C(=O)CCSSc1ccccn1)[C@H]1CC[C@H]2[C@@H]3[C@H](O)C[C@@H]4C[C@H](O)CC[C@]4(C)[C@H]3C[C@H](O)[C@]12C. The van der Waals surface area contributed by atoms with Gasteiger partial charge in [0.25, 0.3) is 0 Å². The Morgan fingerprint density at radius 1 is 0.628 bits per heavy atom. The summed E-state index contributed by atoms with van der Waals surface area (Å²) in [5.74, 6) is 3.79. The fraction of sp³-hybridized carbons (Fsp3) is 0.873. The number of carbonyl (C=O) groups is 3. The molecule has 0 aliphatic heterocycles. The Bertz CT molecular complexity index is 2180. The number of amides is 3. The van der Waals surface area contributed by atoms with E-state index in [1.807, 2.05) is 23.1 Å². The summed E-state index contributed by atoms with van der Waals surface area (Å²) < 4.78 is 0. The third kappa shape index (κ3) is 12.2. The number of hydrogen-bond donors (Lipinski definition) is 8. The molecule has 0 spiro atoms. The van der Waals surface area contributed by atoms with Gasteiger partial charge in [-0.2, -0.15) is 0 Å². The summed E-state index contributed by atoms with van der Waals surface area (Å²) in [4.78, 5) is 46.7. The summed E-state index contributed by atoms with van der Waals surface area (Å²) in [7, 11) is 3.19. The maximum Gasteiger partial charge on any atom is 0.223 e. The zero-order valence-corrected chi connectivity index (χ0v) is 50.0. The molecule has 0 saturated heterocycles. The Kier molecular flexibility index (Phi) is 19.8. The third-order valence-electron chi connectivity index (χ3n) is 24.3. The molecular weight excluding hydrogens is 1020 g/mol. The fourth-order valence-electron chi connectivity index (χ4n) is 19.9. The highest BCUT2D eigenvalue weighted by atomic mass is 33.1. The summed E-state index contributed by atoms with van der Waals surface area (Å²) >= 11 is 0. The van der Waals surface area contributed by atoms with E-state index in [2.05, 4.69) is 57.2 Å². The Labute approximate surface area is 476 Å². The summed E-state index contributed by atoms with van der Waals surface area (Å²) in [6.07, 6.45) is 16.3. The van der Waals surface area contributed by atoms with E-state index < -0.39 is 24.4 Å². The topological polar surface area (TPSA) is 213 Å². The summed E-state index contributed by atoms with van der Waals surface area (Å²) in [6.45, 7) is 15.9. The second kappa shape index (κ2) is 25.5. The predicted molar refractivity (Wildman–Crippen MR) is 308 cm³/mol. The van der Waals surface area contributed by atoms with Crippen molar-refractivity contribution in [2.24, 2.45) is 92.7 Å². The first-order chi connectivity index (χ1) is 37.2. The minimum Gasteiger partial charge on any atom is -0.393 e. The molecule has 440 valence electrons. The number of nitrogens with zero attached hydrogens (tertiary/aromatic N) is 2. The van der Waals surface area contributed by atoms with Gasteiger partial charge in [0.15, 0.2) is 0 Å². The van der Waals surface area contributed by atoms with Crippen LogP contribution in [0.15, 0.2) is 29.4 Å². The molecule has 0 aromatic carbocycles. The molecule has 8 N–H and O–H groups in total. The molecule has 8 aliphatic rings. The molecule has 0 unspecified atom stereocenters. The van der Waals surface area contributed by atoms with Gasteiger partial charge in [-0.05, 0) is 238 Å². The van der Waals surface area contributed by atoms with Crippen LogP contribution in [0.1, 0.15) is 183 Å². The van der Waals surface area contributed by atoms with Crippen molar-refractivity contribution in [2.75, 3.05) is 31.9 Å². The Morgan fingerprint density at radius 2 is 1.13 bits per heavy atom. The molecule has 9 rings (SSSR count). The Hall–Kier alpha value is -1.98. The summed E-state index contributed by atoms with van der Waals surface area (Å²) in [5.41, 5.74) is -0.516. The number of aliphatic hydroxyl groups is 6. The number of nitrogens with one attached hydrogen (secondary N) is 2. The molecule has 8 fully saturated rings. The van der Waals surface area contributed by atoms with E-state index in [-0.39, 0.29) is 111 Å². The van der Waals surface area contributed by atoms with Gasteiger partial charge >= 0.3 is 0 Å². The number of carbonyl (C=O) groups excluding carboxylic acids is 3. The van der Waals surface area contributed by atoms with E-state index in [0.29, 0.717) is 82.3 Å². The van der Waals surface area contributed by atoms with Crippen molar-refractivity contribution in [1.29, 1.82) is 0 Å². The molecule has 0 bridgehead atoms. The highest BCUT2D eigenvalue weighted by Gasteiger charge is 2.67. The number of pyridine rings is 1. The first-order valence-electron chi connectivity index (χ1n) is 31.3. The van der Waals surface area contributed by atoms with Gasteiger partial charge in [0.2, 0.25) is 17.7 Å². The maximum atomic E-state index is 13.7. The van der Waals surface area contributed by atoms with Crippen LogP contribution in [0.2, 0.25) is 0 Å². The largest absolute Gasteiger partial charge is 0.393 e. The highest BCUT2D eigenvalue weighted by Crippen LogP contribution is 2.70. The van der Waals surface area contributed by atoms with Crippen molar-refractivity contribution >= 4 is 39.3 Å². The molecule has 15 heteroatoms. The number of hydrogen-bond acceptors (Lipinski definition) is 12. The van der Waals surface area contributed by atoms with E-state index in [0.717, 1.165) is 108 Å². The van der Waals surface area contributed by atoms with Crippen LogP contribution in [0.4, 0.5) is 0 Å². The predicted octanol–water partition coefficient (Wildman–Crippen LogP) is 9.20. The molecule has 8 aliphatic carbocycles. The average Bonchev–Trinajstić information content (AvgIpc) is 3.91. The standard InChI is InChI=1S/C63H102N4O9S2/c1-38(44-15-17-46-58-48(36-52(72)62(44,46)5)60(3)24-21-42(68)32-40(60)34-50(58)70)13-19-54(74)64-26-9-10-29-67(57(76)23-31-77-78-56-12-7-8-27-66-56)30-11-28-65-55(75)20-14-39(2)45-16-18-47-59-49(37-53(73)63(45,47)6)61(4)25-22-43(69)33-41(61)35-51(59)71/h7-8,12,27,38-53,58-59,68-73H,9-11,13-26,28-37H2,1-6H3,(H,64,74)(H,65,75)/t38-,39-,40+,41+,42-,43-,44-,45-,46+,47+,48+,49+,50-,51-,52+,53+,58+,59+,60+,61+,62-,63-/m1/s1. The third-order valence-corrected chi connectivity index (χ3v) is 26.6. The first-order valence-corrected chi connectivity index (χ1v) is 33.6. The lowest BCUT2D eigenvalue weighted by molar-refractivity contribution is -0.207. The van der Waals surface area contributed by atoms with Gasteiger partial charge in [0, 0.05) is 57.4 Å². The monoisotopic (exact) mass is 1120 g/mol.